The standard InChI is InChI=1S/C23H29NO5.C2H6/c1-5-6-16-13-15(2)19(18(14-16)28-4)20-21(25)23(24-22(20)26)9-7-17(8-10-23)29-12-11-27-3;1-2/h13-14,17,25H,7-12H2,1-4H3,(H,24,26);1-2H3. The zero-order chi connectivity index (χ0) is 23.0. The third-order valence-electron chi connectivity index (χ3n) is 5.74. The van der Waals surface area contributed by atoms with Crippen molar-refractivity contribution in [1.29, 1.82) is 0 Å². The van der Waals surface area contributed by atoms with E-state index in [9.17, 15) is 9.90 Å². The van der Waals surface area contributed by atoms with E-state index in [0.717, 1.165) is 24.0 Å². The summed E-state index contributed by atoms with van der Waals surface area (Å²) in [6.07, 6.45) is 2.91. The summed E-state index contributed by atoms with van der Waals surface area (Å²) < 4.78 is 16.4. The predicted octanol–water partition coefficient (Wildman–Crippen LogP) is 4.14. The number of rotatable bonds is 6. The fourth-order valence-electron chi connectivity index (χ4n) is 4.28. The van der Waals surface area contributed by atoms with Crippen molar-refractivity contribution < 1.29 is 24.1 Å². The van der Waals surface area contributed by atoms with Crippen molar-refractivity contribution in [3.05, 3.63) is 34.6 Å². The Morgan fingerprint density at radius 2 is 1.87 bits per heavy atom. The minimum atomic E-state index is -0.729. The summed E-state index contributed by atoms with van der Waals surface area (Å²) in [5.41, 5.74) is 1.85. The Balaban J connectivity index is 0.00000166. The average molecular weight is 430 g/mol. The summed E-state index contributed by atoms with van der Waals surface area (Å²) in [7, 11) is 3.21. The van der Waals surface area contributed by atoms with Gasteiger partial charge in [0.25, 0.3) is 5.91 Å². The number of hydrogen-bond acceptors (Lipinski definition) is 5. The first-order valence-electron chi connectivity index (χ1n) is 10.9. The molecule has 2 aliphatic rings. The van der Waals surface area contributed by atoms with Crippen LogP contribution < -0.4 is 10.1 Å². The molecule has 2 N–H and O–H groups in total. The van der Waals surface area contributed by atoms with Gasteiger partial charge in [-0.3, -0.25) is 4.79 Å². The maximum absolute atomic E-state index is 12.9. The van der Waals surface area contributed by atoms with E-state index < -0.39 is 5.54 Å². The van der Waals surface area contributed by atoms with Crippen LogP contribution in [0.15, 0.2) is 17.9 Å². The van der Waals surface area contributed by atoms with Crippen LogP contribution in [0.1, 0.15) is 63.1 Å². The van der Waals surface area contributed by atoms with Gasteiger partial charge in [0, 0.05) is 18.2 Å². The molecule has 0 aromatic heterocycles. The van der Waals surface area contributed by atoms with Gasteiger partial charge in [-0.25, -0.2) is 0 Å². The molecule has 1 saturated carbocycles. The zero-order valence-corrected chi connectivity index (χ0v) is 19.6. The number of carbonyl (C=O) groups is 1. The van der Waals surface area contributed by atoms with Crippen LogP contribution in [0.2, 0.25) is 0 Å². The summed E-state index contributed by atoms with van der Waals surface area (Å²) in [6.45, 7) is 8.79. The number of aryl methyl sites for hydroxylation is 1. The van der Waals surface area contributed by atoms with Crippen LogP contribution in [0.25, 0.3) is 5.57 Å². The largest absolute Gasteiger partial charge is 0.509 e. The lowest BCUT2D eigenvalue weighted by Gasteiger charge is -2.37. The van der Waals surface area contributed by atoms with Crippen molar-refractivity contribution in [2.45, 2.75) is 65.0 Å². The van der Waals surface area contributed by atoms with Crippen LogP contribution in [0.4, 0.5) is 0 Å². The first kappa shape index (κ1) is 24.8. The minimum absolute atomic E-state index is 0.105. The summed E-state index contributed by atoms with van der Waals surface area (Å²) in [5.74, 6) is 6.26. The molecule has 31 heavy (non-hydrogen) atoms. The first-order valence-corrected chi connectivity index (χ1v) is 10.9. The Hall–Kier alpha value is -2.49. The van der Waals surface area contributed by atoms with Gasteiger partial charge in [0.1, 0.15) is 11.5 Å². The van der Waals surface area contributed by atoms with E-state index in [1.165, 1.54) is 0 Å². The zero-order valence-electron chi connectivity index (χ0n) is 19.6. The molecule has 0 atom stereocenters. The molecule has 3 rings (SSSR count). The second kappa shape index (κ2) is 11.2. The highest BCUT2D eigenvalue weighted by Gasteiger charge is 2.48. The highest BCUT2D eigenvalue weighted by molar-refractivity contribution is 6.24. The van der Waals surface area contributed by atoms with Crippen molar-refractivity contribution in [2.75, 3.05) is 27.4 Å². The molecule has 1 amide bonds. The van der Waals surface area contributed by atoms with E-state index in [1.807, 2.05) is 26.8 Å². The van der Waals surface area contributed by atoms with Crippen LogP contribution in [-0.2, 0) is 14.3 Å². The van der Waals surface area contributed by atoms with Crippen molar-refractivity contribution in [1.82, 2.24) is 5.32 Å². The number of amides is 1. The number of nitrogens with one attached hydrogen (secondary N) is 1. The van der Waals surface area contributed by atoms with Crippen molar-refractivity contribution >= 4 is 11.5 Å². The third kappa shape index (κ3) is 5.23. The first-order chi connectivity index (χ1) is 15.0. The van der Waals surface area contributed by atoms with Gasteiger partial charge in [-0.1, -0.05) is 19.8 Å². The SMILES string of the molecule is CC.CC#Cc1cc(C)c(C2=C(O)C3(CCC(OCCOC)CC3)NC2=O)c(OC)c1. The number of aliphatic hydroxyl groups is 1. The van der Waals surface area contributed by atoms with Gasteiger partial charge in [-0.05, 0) is 57.2 Å². The van der Waals surface area contributed by atoms with E-state index >= 15 is 0 Å². The molecule has 0 saturated heterocycles. The predicted molar refractivity (Wildman–Crippen MR) is 122 cm³/mol. The van der Waals surface area contributed by atoms with E-state index in [-0.39, 0.29) is 17.8 Å². The Kier molecular flexibility index (Phi) is 8.97. The molecule has 1 aromatic carbocycles. The van der Waals surface area contributed by atoms with Gasteiger partial charge in [0.2, 0.25) is 0 Å². The van der Waals surface area contributed by atoms with E-state index in [2.05, 4.69) is 17.2 Å². The van der Waals surface area contributed by atoms with Gasteiger partial charge in [-0.2, -0.15) is 0 Å². The number of carbonyl (C=O) groups excluding carboxylic acids is 1. The van der Waals surface area contributed by atoms with Crippen molar-refractivity contribution in [2.24, 2.45) is 0 Å². The van der Waals surface area contributed by atoms with Crippen LogP contribution in [-0.4, -0.2) is 50.1 Å². The second-order valence-electron chi connectivity index (χ2n) is 7.57. The molecule has 0 bridgehead atoms. The summed E-state index contributed by atoms with van der Waals surface area (Å²) in [5, 5.41) is 14.2. The molecule has 1 aromatic rings. The monoisotopic (exact) mass is 429 g/mol. The Morgan fingerprint density at radius 1 is 1.19 bits per heavy atom. The molecular weight excluding hydrogens is 394 g/mol. The molecular formula is C25H35NO5. The quantitative estimate of drug-likeness (QED) is 0.525. The van der Waals surface area contributed by atoms with Gasteiger partial charge >= 0.3 is 0 Å². The van der Waals surface area contributed by atoms with Gasteiger partial charge in [0.15, 0.2) is 0 Å². The smallest absolute Gasteiger partial charge is 0.256 e. The molecule has 0 radical (unpaired) electrons. The molecule has 6 nitrogen and oxygen atoms in total. The summed E-state index contributed by atoms with van der Waals surface area (Å²) in [6, 6.07) is 3.71. The molecule has 1 fully saturated rings. The molecule has 1 aliphatic carbocycles. The number of methoxy groups -OCH3 is 2. The molecule has 1 heterocycles. The van der Waals surface area contributed by atoms with Crippen LogP contribution in [0, 0.1) is 18.8 Å². The van der Waals surface area contributed by atoms with Crippen LogP contribution in [0.3, 0.4) is 0 Å². The lowest BCUT2D eigenvalue weighted by molar-refractivity contribution is -0.116. The normalized spacial score (nSPS) is 22.4. The lowest BCUT2D eigenvalue weighted by Crippen LogP contribution is -2.48. The fourth-order valence-corrected chi connectivity index (χ4v) is 4.28. The van der Waals surface area contributed by atoms with Crippen LogP contribution >= 0.6 is 0 Å². The number of aliphatic hydroxyl groups excluding tert-OH is 1. The minimum Gasteiger partial charge on any atom is -0.509 e. The molecule has 0 unspecified atom stereocenters. The van der Waals surface area contributed by atoms with Gasteiger partial charge < -0.3 is 24.6 Å². The van der Waals surface area contributed by atoms with Gasteiger partial charge in [-0.15, -0.1) is 5.92 Å². The number of hydrogen-bond donors (Lipinski definition) is 2. The summed E-state index contributed by atoms with van der Waals surface area (Å²) in [4.78, 5) is 12.9. The number of ether oxygens (including phenoxy) is 3. The topological polar surface area (TPSA) is 77.0 Å². The maximum atomic E-state index is 12.9. The highest BCUT2D eigenvalue weighted by atomic mass is 16.5. The lowest BCUT2D eigenvalue weighted by atomic mass is 9.79. The molecule has 6 heteroatoms. The second-order valence-corrected chi connectivity index (χ2v) is 7.57. The molecule has 170 valence electrons. The Labute approximate surface area is 186 Å². The van der Waals surface area contributed by atoms with E-state index in [1.54, 1.807) is 27.2 Å². The van der Waals surface area contributed by atoms with E-state index in [4.69, 9.17) is 14.2 Å². The van der Waals surface area contributed by atoms with Gasteiger partial charge in [0.05, 0.1) is 37.5 Å². The Bertz CT molecular complexity index is 870. The fraction of sp³-hybridized carbons (Fsp3) is 0.560. The highest BCUT2D eigenvalue weighted by Crippen LogP contribution is 2.44. The Morgan fingerprint density at radius 3 is 2.45 bits per heavy atom. The molecule has 1 aliphatic heterocycles. The van der Waals surface area contributed by atoms with Crippen molar-refractivity contribution in [3.8, 4) is 17.6 Å². The van der Waals surface area contributed by atoms with Crippen molar-refractivity contribution in [3.63, 3.8) is 0 Å². The van der Waals surface area contributed by atoms with E-state index in [0.29, 0.717) is 42.9 Å². The maximum Gasteiger partial charge on any atom is 0.256 e. The van der Waals surface area contributed by atoms with Crippen LogP contribution in [0.5, 0.6) is 5.75 Å². The number of benzene rings is 1. The third-order valence-corrected chi connectivity index (χ3v) is 5.74. The average Bonchev–Trinajstić information content (AvgIpc) is 3.00. The molecule has 1 spiro atoms. The summed E-state index contributed by atoms with van der Waals surface area (Å²) >= 11 is 0.